The van der Waals surface area contributed by atoms with Crippen LogP contribution in [0.4, 0.5) is 4.39 Å². The van der Waals surface area contributed by atoms with Gasteiger partial charge in [-0.05, 0) is 49.7 Å². The molecule has 0 N–H and O–H groups in total. The minimum absolute atomic E-state index is 0.145. The summed E-state index contributed by atoms with van der Waals surface area (Å²) in [4.78, 5) is 29.9. The molecule has 0 aliphatic carbocycles. The summed E-state index contributed by atoms with van der Waals surface area (Å²) in [6, 6.07) is 11.4. The Morgan fingerprint density at radius 1 is 1.09 bits per heavy atom. The average Bonchev–Trinajstić information content (AvgIpc) is 3.35. The molecule has 162 valence electrons. The van der Waals surface area contributed by atoms with Crippen molar-refractivity contribution < 1.29 is 18.7 Å². The molecule has 0 bridgehead atoms. The number of benzene rings is 2. The number of halogens is 1. The van der Waals surface area contributed by atoms with Gasteiger partial charge in [0.1, 0.15) is 5.82 Å². The van der Waals surface area contributed by atoms with Gasteiger partial charge in [0, 0.05) is 29.6 Å². The Labute approximate surface area is 182 Å². The molecule has 0 amide bonds. The second-order valence-electron chi connectivity index (χ2n) is 7.82. The van der Waals surface area contributed by atoms with Gasteiger partial charge in [0.05, 0.1) is 23.8 Å². The van der Waals surface area contributed by atoms with Crippen LogP contribution in [-0.2, 0) is 13.1 Å². The quantitative estimate of drug-likeness (QED) is 0.450. The number of ketones is 1. The van der Waals surface area contributed by atoms with Crippen molar-refractivity contribution in [2.45, 2.75) is 26.9 Å². The molecule has 0 radical (unpaired) electrons. The Kier molecular flexibility index (Phi) is 4.77. The summed E-state index contributed by atoms with van der Waals surface area (Å²) in [7, 11) is 0. The van der Waals surface area contributed by atoms with Gasteiger partial charge < -0.3 is 14.0 Å². The highest BCUT2D eigenvalue weighted by Crippen LogP contribution is 2.33. The lowest BCUT2D eigenvalue weighted by Crippen LogP contribution is -2.25. The van der Waals surface area contributed by atoms with Crippen molar-refractivity contribution in [1.82, 2.24) is 14.1 Å². The van der Waals surface area contributed by atoms with E-state index in [4.69, 9.17) is 9.47 Å². The number of rotatable bonds is 5. The summed E-state index contributed by atoms with van der Waals surface area (Å²) < 4.78 is 27.5. The van der Waals surface area contributed by atoms with E-state index in [9.17, 15) is 14.0 Å². The van der Waals surface area contributed by atoms with Crippen LogP contribution in [0, 0.1) is 19.7 Å². The van der Waals surface area contributed by atoms with E-state index in [-0.39, 0.29) is 35.6 Å². The summed E-state index contributed by atoms with van der Waals surface area (Å²) >= 11 is 0. The molecule has 3 heterocycles. The maximum Gasteiger partial charge on any atom is 0.261 e. The molecule has 2 aromatic carbocycles. The first-order valence-corrected chi connectivity index (χ1v) is 10.1. The maximum absolute atomic E-state index is 13.4. The topological polar surface area (TPSA) is 75.4 Å². The molecular weight excluding hydrogens is 413 g/mol. The van der Waals surface area contributed by atoms with Crippen LogP contribution in [0.3, 0.4) is 0 Å². The zero-order valence-electron chi connectivity index (χ0n) is 17.6. The number of carbonyl (C=O) groups is 1. The Hall–Kier alpha value is -3.94. The van der Waals surface area contributed by atoms with Gasteiger partial charge >= 0.3 is 0 Å². The van der Waals surface area contributed by atoms with Crippen LogP contribution >= 0.6 is 0 Å². The van der Waals surface area contributed by atoms with Crippen LogP contribution in [0.5, 0.6) is 11.5 Å². The van der Waals surface area contributed by atoms with Gasteiger partial charge in [-0.1, -0.05) is 6.07 Å². The van der Waals surface area contributed by atoms with Gasteiger partial charge in [-0.2, -0.15) is 0 Å². The molecule has 8 heteroatoms. The fourth-order valence-electron chi connectivity index (χ4n) is 4.03. The predicted molar refractivity (Wildman–Crippen MR) is 116 cm³/mol. The standard InChI is InChI=1S/C24H20FN3O4/c1-14-7-19(15(2)28(14)10-16-3-6-22-23(8-16)32-13-31-22)21(29)11-27-12-26-20-9-17(25)4-5-18(20)24(27)30/h3-9,12H,10-11,13H2,1-2H3. The molecular formula is C24H20FN3O4. The van der Waals surface area contributed by atoms with Crippen molar-refractivity contribution in [3.05, 3.63) is 87.5 Å². The van der Waals surface area contributed by atoms with Crippen LogP contribution in [-0.4, -0.2) is 26.7 Å². The third-order valence-electron chi connectivity index (χ3n) is 5.75. The third kappa shape index (κ3) is 3.43. The zero-order valence-corrected chi connectivity index (χ0v) is 17.6. The molecule has 5 rings (SSSR count). The molecule has 0 fully saturated rings. The number of fused-ring (bicyclic) bond motifs is 2. The fraction of sp³-hybridized carbons (Fsp3) is 0.208. The van der Waals surface area contributed by atoms with Crippen molar-refractivity contribution in [3.8, 4) is 11.5 Å². The van der Waals surface area contributed by atoms with E-state index >= 15 is 0 Å². The number of hydrogen-bond acceptors (Lipinski definition) is 5. The van der Waals surface area contributed by atoms with Gasteiger partial charge in [0.2, 0.25) is 6.79 Å². The van der Waals surface area contributed by atoms with Crippen LogP contribution in [0.25, 0.3) is 10.9 Å². The van der Waals surface area contributed by atoms with E-state index in [0.717, 1.165) is 22.7 Å². The molecule has 1 aliphatic heterocycles. The second-order valence-corrected chi connectivity index (χ2v) is 7.82. The first-order chi connectivity index (χ1) is 15.4. The zero-order chi connectivity index (χ0) is 22.4. The smallest absolute Gasteiger partial charge is 0.261 e. The molecule has 0 saturated heterocycles. The first kappa shape index (κ1) is 20.0. The second kappa shape index (κ2) is 7.64. The summed E-state index contributed by atoms with van der Waals surface area (Å²) in [5.41, 5.74) is 3.21. The highest BCUT2D eigenvalue weighted by atomic mass is 19.1. The van der Waals surface area contributed by atoms with Crippen molar-refractivity contribution >= 4 is 16.7 Å². The Balaban J connectivity index is 1.41. The lowest BCUT2D eigenvalue weighted by atomic mass is 10.1. The number of hydrogen-bond donors (Lipinski definition) is 0. The van der Waals surface area contributed by atoms with Gasteiger partial charge in [0.15, 0.2) is 17.3 Å². The van der Waals surface area contributed by atoms with Gasteiger partial charge in [0.25, 0.3) is 5.56 Å². The average molecular weight is 433 g/mol. The summed E-state index contributed by atoms with van der Waals surface area (Å²) in [6.45, 7) is 4.47. The van der Waals surface area contributed by atoms with Gasteiger partial charge in [-0.25, -0.2) is 9.37 Å². The highest BCUT2D eigenvalue weighted by Gasteiger charge is 2.19. The Bertz CT molecular complexity index is 1440. The minimum atomic E-state index is -0.465. The monoisotopic (exact) mass is 433 g/mol. The van der Waals surface area contributed by atoms with Crippen LogP contribution in [0.1, 0.15) is 27.3 Å². The molecule has 2 aromatic heterocycles. The minimum Gasteiger partial charge on any atom is -0.454 e. The number of aryl methyl sites for hydroxylation is 1. The van der Waals surface area contributed by atoms with Crippen LogP contribution in [0.2, 0.25) is 0 Å². The summed E-state index contributed by atoms with van der Waals surface area (Å²) in [6.07, 6.45) is 1.29. The van der Waals surface area contributed by atoms with E-state index < -0.39 is 5.82 Å². The number of carbonyl (C=O) groups excluding carboxylic acids is 1. The highest BCUT2D eigenvalue weighted by molar-refractivity contribution is 5.97. The van der Waals surface area contributed by atoms with E-state index in [1.807, 2.05) is 38.1 Å². The Morgan fingerprint density at radius 3 is 2.75 bits per heavy atom. The van der Waals surface area contributed by atoms with Crippen molar-refractivity contribution in [1.29, 1.82) is 0 Å². The molecule has 7 nitrogen and oxygen atoms in total. The van der Waals surface area contributed by atoms with Gasteiger partial charge in [-0.15, -0.1) is 0 Å². The number of aromatic nitrogens is 3. The van der Waals surface area contributed by atoms with E-state index in [2.05, 4.69) is 9.55 Å². The fourth-order valence-corrected chi connectivity index (χ4v) is 4.03. The predicted octanol–water partition coefficient (Wildman–Crippen LogP) is 3.61. The molecule has 32 heavy (non-hydrogen) atoms. The number of ether oxygens (including phenoxy) is 2. The molecule has 0 atom stereocenters. The normalized spacial score (nSPS) is 12.5. The summed E-state index contributed by atoms with van der Waals surface area (Å²) in [5, 5.41) is 0.273. The third-order valence-corrected chi connectivity index (χ3v) is 5.75. The van der Waals surface area contributed by atoms with Crippen LogP contribution < -0.4 is 15.0 Å². The molecule has 0 saturated carbocycles. The maximum atomic E-state index is 13.4. The van der Waals surface area contributed by atoms with Crippen molar-refractivity contribution in [2.75, 3.05) is 6.79 Å². The van der Waals surface area contributed by atoms with Crippen LogP contribution in [0.15, 0.2) is 53.6 Å². The SMILES string of the molecule is Cc1cc(C(=O)Cn2cnc3cc(F)ccc3c2=O)c(C)n1Cc1ccc2c(c1)OCO2. The lowest BCUT2D eigenvalue weighted by Gasteiger charge is -2.11. The van der Waals surface area contributed by atoms with E-state index in [1.54, 1.807) is 0 Å². The van der Waals surface area contributed by atoms with Gasteiger partial charge in [-0.3, -0.25) is 14.2 Å². The van der Waals surface area contributed by atoms with Crippen molar-refractivity contribution in [3.63, 3.8) is 0 Å². The lowest BCUT2D eigenvalue weighted by molar-refractivity contribution is 0.0970. The van der Waals surface area contributed by atoms with Crippen molar-refractivity contribution in [2.24, 2.45) is 0 Å². The number of Topliss-reactive ketones (excluding diaryl/α,β-unsaturated/α-hetero) is 1. The Morgan fingerprint density at radius 2 is 1.91 bits per heavy atom. The first-order valence-electron chi connectivity index (χ1n) is 10.1. The molecule has 1 aliphatic rings. The molecule has 0 spiro atoms. The van der Waals surface area contributed by atoms with E-state index in [1.165, 1.54) is 29.1 Å². The largest absolute Gasteiger partial charge is 0.454 e. The van der Waals surface area contributed by atoms with E-state index in [0.29, 0.717) is 17.9 Å². The number of nitrogens with zero attached hydrogens (tertiary/aromatic N) is 3. The summed E-state index contributed by atoms with van der Waals surface area (Å²) in [5.74, 6) is 0.778. The molecule has 0 unspecified atom stereocenters. The molecule has 4 aromatic rings.